The van der Waals surface area contributed by atoms with E-state index in [9.17, 15) is 9.59 Å². The Morgan fingerprint density at radius 1 is 1.00 bits per heavy atom. The lowest BCUT2D eigenvalue weighted by Gasteiger charge is -2.35. The van der Waals surface area contributed by atoms with Crippen LogP contribution in [0.2, 0.25) is 0 Å². The zero-order valence-electron chi connectivity index (χ0n) is 13.6. The molecule has 2 amide bonds. The third-order valence-corrected chi connectivity index (χ3v) is 4.75. The number of nitrogens with one attached hydrogen (secondary N) is 2. The minimum atomic E-state index is -0.0821. The number of carbonyl (C=O) groups excluding carboxylic acids is 2. The average Bonchev–Trinajstić information content (AvgIpc) is 3.39. The SMILES string of the molecule is C[C@@H](C(=O)NC1CC1)N1CCC(NC(=O)c2ccccc2)CC1. The van der Waals surface area contributed by atoms with Gasteiger partial charge in [-0.05, 0) is 44.7 Å². The summed E-state index contributed by atoms with van der Waals surface area (Å²) in [5.74, 6) is 0.128. The van der Waals surface area contributed by atoms with Crippen LogP contribution >= 0.6 is 0 Å². The fourth-order valence-electron chi connectivity index (χ4n) is 3.00. The first-order chi connectivity index (χ1) is 11.1. The van der Waals surface area contributed by atoms with E-state index in [-0.39, 0.29) is 23.9 Å². The Morgan fingerprint density at radius 3 is 2.22 bits per heavy atom. The normalized spacial score (nSPS) is 20.7. The summed E-state index contributed by atoms with van der Waals surface area (Å²) in [6.45, 7) is 3.67. The van der Waals surface area contributed by atoms with Gasteiger partial charge in [-0.2, -0.15) is 0 Å². The maximum Gasteiger partial charge on any atom is 0.251 e. The van der Waals surface area contributed by atoms with Gasteiger partial charge in [0.2, 0.25) is 5.91 Å². The highest BCUT2D eigenvalue weighted by Crippen LogP contribution is 2.20. The van der Waals surface area contributed by atoms with Crippen molar-refractivity contribution in [3.8, 4) is 0 Å². The molecule has 1 saturated heterocycles. The number of hydrogen-bond acceptors (Lipinski definition) is 3. The third kappa shape index (κ3) is 4.32. The van der Waals surface area contributed by atoms with Crippen molar-refractivity contribution in [1.82, 2.24) is 15.5 Å². The molecule has 23 heavy (non-hydrogen) atoms. The molecule has 1 saturated carbocycles. The molecule has 1 heterocycles. The van der Waals surface area contributed by atoms with Crippen molar-refractivity contribution in [2.75, 3.05) is 13.1 Å². The highest BCUT2D eigenvalue weighted by Gasteiger charge is 2.30. The van der Waals surface area contributed by atoms with Gasteiger partial charge in [-0.25, -0.2) is 0 Å². The zero-order valence-corrected chi connectivity index (χ0v) is 13.6. The van der Waals surface area contributed by atoms with Crippen LogP contribution in [0.4, 0.5) is 0 Å². The lowest BCUT2D eigenvalue weighted by molar-refractivity contribution is -0.126. The molecule has 5 nitrogen and oxygen atoms in total. The zero-order chi connectivity index (χ0) is 16.2. The first-order valence-electron chi connectivity index (χ1n) is 8.54. The number of likely N-dealkylation sites (tertiary alicyclic amines) is 1. The third-order valence-electron chi connectivity index (χ3n) is 4.75. The quantitative estimate of drug-likeness (QED) is 0.866. The van der Waals surface area contributed by atoms with Crippen molar-refractivity contribution in [3.05, 3.63) is 35.9 Å². The van der Waals surface area contributed by atoms with E-state index in [0.717, 1.165) is 38.8 Å². The molecule has 2 fully saturated rings. The predicted molar refractivity (Wildman–Crippen MR) is 89.1 cm³/mol. The van der Waals surface area contributed by atoms with Gasteiger partial charge < -0.3 is 10.6 Å². The second kappa shape index (κ2) is 7.13. The first-order valence-corrected chi connectivity index (χ1v) is 8.54. The van der Waals surface area contributed by atoms with Gasteiger partial charge in [0, 0.05) is 30.7 Å². The number of carbonyl (C=O) groups is 2. The van der Waals surface area contributed by atoms with Crippen molar-refractivity contribution in [2.24, 2.45) is 0 Å². The van der Waals surface area contributed by atoms with Gasteiger partial charge in [0.25, 0.3) is 5.91 Å². The standard InChI is InChI=1S/C18H25N3O2/c1-13(17(22)19-15-7-8-15)21-11-9-16(10-12-21)20-18(23)14-5-3-2-4-6-14/h2-6,13,15-16H,7-12H2,1H3,(H,19,22)(H,20,23)/t13-/m0/s1. The highest BCUT2D eigenvalue weighted by molar-refractivity contribution is 5.94. The molecular formula is C18H25N3O2. The van der Waals surface area contributed by atoms with Crippen LogP contribution in [-0.2, 0) is 4.79 Å². The topological polar surface area (TPSA) is 61.4 Å². The minimum absolute atomic E-state index is 0.0106. The van der Waals surface area contributed by atoms with Gasteiger partial charge in [-0.15, -0.1) is 0 Å². The molecule has 1 aliphatic carbocycles. The molecular weight excluding hydrogens is 290 g/mol. The molecule has 1 aromatic carbocycles. The number of piperidine rings is 1. The monoisotopic (exact) mass is 315 g/mol. The lowest BCUT2D eigenvalue weighted by atomic mass is 10.0. The van der Waals surface area contributed by atoms with Gasteiger partial charge in [0.05, 0.1) is 6.04 Å². The average molecular weight is 315 g/mol. The smallest absolute Gasteiger partial charge is 0.251 e. The summed E-state index contributed by atoms with van der Waals surface area (Å²) in [5.41, 5.74) is 0.701. The molecule has 3 rings (SSSR count). The van der Waals surface area contributed by atoms with Crippen molar-refractivity contribution >= 4 is 11.8 Å². The predicted octanol–water partition coefficient (Wildman–Crippen LogP) is 1.55. The van der Waals surface area contributed by atoms with Crippen molar-refractivity contribution < 1.29 is 9.59 Å². The number of amides is 2. The van der Waals surface area contributed by atoms with E-state index in [0.29, 0.717) is 11.6 Å². The number of benzene rings is 1. The Morgan fingerprint density at radius 2 is 1.61 bits per heavy atom. The second-order valence-corrected chi connectivity index (χ2v) is 6.61. The Kier molecular flexibility index (Phi) is 4.96. The van der Waals surface area contributed by atoms with E-state index in [2.05, 4.69) is 15.5 Å². The molecule has 0 aromatic heterocycles. The maximum atomic E-state index is 12.2. The lowest BCUT2D eigenvalue weighted by Crippen LogP contribution is -2.52. The van der Waals surface area contributed by atoms with Crippen LogP contribution in [0.5, 0.6) is 0 Å². The summed E-state index contributed by atoms with van der Waals surface area (Å²) in [6, 6.07) is 9.83. The molecule has 0 unspecified atom stereocenters. The van der Waals surface area contributed by atoms with E-state index in [1.807, 2.05) is 37.3 Å². The minimum Gasteiger partial charge on any atom is -0.352 e. The Bertz CT molecular complexity index is 549. The van der Waals surface area contributed by atoms with Crippen LogP contribution in [0.3, 0.4) is 0 Å². The van der Waals surface area contributed by atoms with E-state index in [1.54, 1.807) is 0 Å². The van der Waals surface area contributed by atoms with Crippen LogP contribution < -0.4 is 10.6 Å². The Labute approximate surface area is 137 Å². The van der Waals surface area contributed by atoms with E-state index in [1.165, 1.54) is 0 Å². The van der Waals surface area contributed by atoms with Crippen LogP contribution in [0.25, 0.3) is 0 Å². The van der Waals surface area contributed by atoms with Crippen LogP contribution in [0.15, 0.2) is 30.3 Å². The molecule has 2 aliphatic rings. The van der Waals surface area contributed by atoms with Crippen molar-refractivity contribution in [2.45, 2.75) is 50.7 Å². The summed E-state index contributed by atoms with van der Waals surface area (Å²) in [4.78, 5) is 26.5. The van der Waals surface area contributed by atoms with Gasteiger partial charge in [-0.1, -0.05) is 18.2 Å². The Hall–Kier alpha value is -1.88. The van der Waals surface area contributed by atoms with Gasteiger partial charge in [-0.3, -0.25) is 14.5 Å². The molecule has 0 radical (unpaired) electrons. The summed E-state index contributed by atoms with van der Waals surface area (Å²) in [5, 5.41) is 6.17. The van der Waals surface area contributed by atoms with Crippen LogP contribution in [0.1, 0.15) is 43.0 Å². The van der Waals surface area contributed by atoms with Crippen LogP contribution in [-0.4, -0.2) is 47.9 Å². The number of hydrogen-bond donors (Lipinski definition) is 2. The summed E-state index contributed by atoms with van der Waals surface area (Å²) in [7, 11) is 0. The van der Waals surface area contributed by atoms with Gasteiger partial charge >= 0.3 is 0 Å². The summed E-state index contributed by atoms with van der Waals surface area (Å²) >= 11 is 0. The summed E-state index contributed by atoms with van der Waals surface area (Å²) in [6.07, 6.45) is 4.01. The molecule has 1 aliphatic heterocycles. The molecule has 2 N–H and O–H groups in total. The maximum absolute atomic E-state index is 12.2. The highest BCUT2D eigenvalue weighted by atomic mass is 16.2. The van der Waals surface area contributed by atoms with E-state index < -0.39 is 0 Å². The van der Waals surface area contributed by atoms with E-state index in [4.69, 9.17) is 0 Å². The molecule has 0 bridgehead atoms. The molecule has 5 heteroatoms. The van der Waals surface area contributed by atoms with Crippen LogP contribution in [0, 0.1) is 0 Å². The van der Waals surface area contributed by atoms with Crippen molar-refractivity contribution in [1.29, 1.82) is 0 Å². The molecule has 1 aromatic rings. The fraction of sp³-hybridized carbons (Fsp3) is 0.556. The van der Waals surface area contributed by atoms with Gasteiger partial charge in [0.15, 0.2) is 0 Å². The Balaban J connectivity index is 1.44. The first kappa shape index (κ1) is 16.0. The largest absolute Gasteiger partial charge is 0.352 e. The fourth-order valence-corrected chi connectivity index (χ4v) is 3.00. The summed E-state index contributed by atoms with van der Waals surface area (Å²) < 4.78 is 0. The number of nitrogens with zero attached hydrogens (tertiary/aromatic N) is 1. The molecule has 0 spiro atoms. The molecule has 1 atom stereocenters. The number of rotatable bonds is 5. The van der Waals surface area contributed by atoms with Gasteiger partial charge in [0.1, 0.15) is 0 Å². The molecule has 124 valence electrons. The van der Waals surface area contributed by atoms with Crippen molar-refractivity contribution in [3.63, 3.8) is 0 Å². The second-order valence-electron chi connectivity index (χ2n) is 6.61. The van der Waals surface area contributed by atoms with E-state index >= 15 is 0 Å².